The van der Waals surface area contributed by atoms with E-state index in [0.29, 0.717) is 5.56 Å². The van der Waals surface area contributed by atoms with Crippen LogP contribution in [0.25, 0.3) is 27.8 Å². The van der Waals surface area contributed by atoms with Crippen LogP contribution in [-0.4, -0.2) is 21.3 Å². The van der Waals surface area contributed by atoms with E-state index in [0.717, 1.165) is 51.3 Å². The summed E-state index contributed by atoms with van der Waals surface area (Å²) in [6, 6.07) is 40.9. The van der Waals surface area contributed by atoms with Crippen LogP contribution in [0.3, 0.4) is 0 Å². The number of aryl methyl sites for hydroxylation is 1. The largest absolute Gasteiger partial charge is 0.340 e. The highest BCUT2D eigenvalue weighted by molar-refractivity contribution is 6.02. The first kappa shape index (κ1) is 25.1. The molecule has 1 amide bonds. The molecule has 196 valence electrons. The van der Waals surface area contributed by atoms with E-state index in [-0.39, 0.29) is 5.91 Å². The zero-order valence-electron chi connectivity index (χ0n) is 22.6. The average Bonchev–Trinajstić information content (AvgIpc) is 3.51. The molecule has 0 saturated heterocycles. The van der Waals surface area contributed by atoms with Crippen LogP contribution >= 0.6 is 0 Å². The molecule has 6 aromatic rings. The Labute approximate surface area is 234 Å². The Bertz CT molecular complexity index is 1810. The number of para-hydroxylation sites is 1. The van der Waals surface area contributed by atoms with E-state index in [9.17, 15) is 4.79 Å². The van der Waals surface area contributed by atoms with Gasteiger partial charge in [-0.2, -0.15) is 5.10 Å². The molecule has 0 aliphatic heterocycles. The van der Waals surface area contributed by atoms with Crippen LogP contribution in [0.15, 0.2) is 126 Å². The molecular weight excluding hydrogens is 492 g/mol. The highest BCUT2D eigenvalue weighted by atomic mass is 16.2. The Morgan fingerprint density at radius 3 is 2.20 bits per heavy atom. The number of nitrogens with one attached hydrogen (secondary N) is 1. The number of rotatable bonds is 7. The number of hydrogen-bond acceptors (Lipinski definition) is 2. The number of nitrogens with zero attached hydrogens (tertiary/aromatic N) is 3. The van der Waals surface area contributed by atoms with Crippen LogP contribution in [0.1, 0.15) is 32.9 Å². The fourth-order valence-corrected chi connectivity index (χ4v) is 5.29. The Morgan fingerprint density at radius 2 is 1.45 bits per heavy atom. The van der Waals surface area contributed by atoms with Crippen molar-refractivity contribution < 1.29 is 4.79 Å². The average molecular weight is 523 g/mol. The summed E-state index contributed by atoms with van der Waals surface area (Å²) in [7, 11) is 0. The van der Waals surface area contributed by atoms with E-state index in [1.807, 2.05) is 60.7 Å². The van der Waals surface area contributed by atoms with E-state index < -0.39 is 0 Å². The summed E-state index contributed by atoms with van der Waals surface area (Å²) in [5.74, 6) is -0.249. The minimum atomic E-state index is -0.249. The number of carbonyl (C=O) groups is 1. The summed E-state index contributed by atoms with van der Waals surface area (Å²) in [6.45, 7) is 4.95. The van der Waals surface area contributed by atoms with Gasteiger partial charge in [-0.25, -0.2) is 5.43 Å². The van der Waals surface area contributed by atoms with Gasteiger partial charge in [-0.15, -0.1) is 0 Å². The topological polar surface area (TPSA) is 51.3 Å². The predicted molar refractivity (Wildman–Crippen MR) is 163 cm³/mol. The maximum atomic E-state index is 12.9. The fourth-order valence-electron chi connectivity index (χ4n) is 5.29. The molecule has 40 heavy (non-hydrogen) atoms. The third-order valence-electron chi connectivity index (χ3n) is 7.36. The van der Waals surface area contributed by atoms with E-state index in [4.69, 9.17) is 0 Å². The molecule has 0 spiro atoms. The van der Waals surface area contributed by atoms with Gasteiger partial charge < -0.3 is 9.13 Å². The molecule has 0 aliphatic carbocycles. The summed E-state index contributed by atoms with van der Waals surface area (Å²) in [5, 5.41) is 5.45. The lowest BCUT2D eigenvalue weighted by Gasteiger charge is -2.12. The molecule has 2 aromatic heterocycles. The van der Waals surface area contributed by atoms with Crippen LogP contribution < -0.4 is 5.43 Å². The van der Waals surface area contributed by atoms with Crippen LogP contribution in [-0.2, 0) is 6.54 Å². The summed E-state index contributed by atoms with van der Waals surface area (Å²) in [5.41, 5.74) is 12.1. The van der Waals surface area contributed by atoms with Gasteiger partial charge in [0.2, 0.25) is 0 Å². The number of benzene rings is 4. The van der Waals surface area contributed by atoms with Crippen LogP contribution in [0.2, 0.25) is 0 Å². The third kappa shape index (κ3) is 4.85. The van der Waals surface area contributed by atoms with E-state index in [1.165, 1.54) is 5.56 Å². The zero-order chi connectivity index (χ0) is 27.5. The highest BCUT2D eigenvalue weighted by Gasteiger charge is 2.14. The van der Waals surface area contributed by atoms with Crippen LogP contribution in [0.4, 0.5) is 0 Å². The molecule has 0 unspecified atom stereocenters. The van der Waals surface area contributed by atoms with Crippen molar-refractivity contribution in [2.24, 2.45) is 5.10 Å². The smallest absolute Gasteiger partial charge is 0.271 e. The van der Waals surface area contributed by atoms with E-state index in [2.05, 4.69) is 94.2 Å². The molecule has 5 nitrogen and oxygen atoms in total. The van der Waals surface area contributed by atoms with Crippen LogP contribution in [0, 0.1) is 13.8 Å². The fraction of sp³-hybridized carbons (Fsp3) is 0.0857. The van der Waals surface area contributed by atoms with Crippen molar-refractivity contribution in [3.05, 3.63) is 149 Å². The molecule has 6 rings (SSSR count). The minimum absolute atomic E-state index is 0.249. The molecule has 2 heterocycles. The molecule has 4 aromatic carbocycles. The van der Waals surface area contributed by atoms with Gasteiger partial charge in [-0.1, -0.05) is 78.9 Å². The first-order valence-electron chi connectivity index (χ1n) is 13.4. The predicted octanol–water partition coefficient (Wildman–Crippen LogP) is 7.53. The highest BCUT2D eigenvalue weighted by Crippen LogP contribution is 2.27. The van der Waals surface area contributed by atoms with Crippen molar-refractivity contribution in [2.45, 2.75) is 20.4 Å². The van der Waals surface area contributed by atoms with E-state index in [1.54, 1.807) is 6.21 Å². The molecule has 0 aliphatic rings. The van der Waals surface area contributed by atoms with Gasteiger partial charge in [0.15, 0.2) is 0 Å². The molecule has 0 fully saturated rings. The maximum Gasteiger partial charge on any atom is 0.271 e. The number of amides is 1. The Kier molecular flexibility index (Phi) is 6.86. The van der Waals surface area contributed by atoms with Crippen molar-refractivity contribution >= 4 is 23.0 Å². The van der Waals surface area contributed by atoms with Crippen molar-refractivity contribution in [1.82, 2.24) is 14.6 Å². The third-order valence-corrected chi connectivity index (χ3v) is 7.36. The van der Waals surface area contributed by atoms with Crippen molar-refractivity contribution in [1.29, 1.82) is 0 Å². The lowest BCUT2D eigenvalue weighted by Crippen LogP contribution is -2.17. The van der Waals surface area contributed by atoms with Gasteiger partial charge in [0.05, 0.1) is 11.9 Å². The summed E-state index contributed by atoms with van der Waals surface area (Å²) < 4.78 is 4.49. The SMILES string of the molecule is Cc1ccc(-c2ccccc2)n1-c1ccc(C(=O)N/N=C/c2c(C)n(Cc3ccccc3)c3ccccc23)cc1. The van der Waals surface area contributed by atoms with E-state index >= 15 is 0 Å². The number of aromatic nitrogens is 2. The first-order valence-corrected chi connectivity index (χ1v) is 13.4. The molecule has 0 radical (unpaired) electrons. The molecular formula is C35H30N4O. The molecule has 5 heteroatoms. The maximum absolute atomic E-state index is 12.9. The molecule has 0 atom stereocenters. The Hall–Kier alpha value is -5.16. The van der Waals surface area contributed by atoms with Gasteiger partial charge in [-0.05, 0) is 67.4 Å². The number of carbonyl (C=O) groups excluding carboxylic acids is 1. The Balaban J connectivity index is 1.21. The van der Waals surface area contributed by atoms with Gasteiger partial charge in [0.1, 0.15) is 0 Å². The molecule has 0 saturated carbocycles. The number of fused-ring (bicyclic) bond motifs is 1. The molecule has 0 bridgehead atoms. The van der Waals surface area contributed by atoms with Gasteiger partial charge in [-0.3, -0.25) is 4.79 Å². The number of hydrogen-bond donors (Lipinski definition) is 1. The second-order valence-corrected chi connectivity index (χ2v) is 9.90. The van der Waals surface area contributed by atoms with Gasteiger partial charge in [0.25, 0.3) is 5.91 Å². The van der Waals surface area contributed by atoms with Crippen molar-refractivity contribution in [2.75, 3.05) is 0 Å². The second-order valence-electron chi connectivity index (χ2n) is 9.90. The van der Waals surface area contributed by atoms with Gasteiger partial charge >= 0.3 is 0 Å². The number of hydrazone groups is 1. The lowest BCUT2D eigenvalue weighted by molar-refractivity contribution is 0.0955. The summed E-state index contributed by atoms with van der Waals surface area (Å²) in [4.78, 5) is 12.9. The zero-order valence-corrected chi connectivity index (χ0v) is 22.6. The van der Waals surface area contributed by atoms with Crippen LogP contribution in [0.5, 0.6) is 0 Å². The monoisotopic (exact) mass is 522 g/mol. The van der Waals surface area contributed by atoms with Gasteiger partial charge in [0, 0.05) is 45.6 Å². The summed E-state index contributed by atoms with van der Waals surface area (Å²) in [6.07, 6.45) is 1.75. The quantitative estimate of drug-likeness (QED) is 0.171. The molecule has 1 N–H and O–H groups in total. The Morgan fingerprint density at radius 1 is 0.775 bits per heavy atom. The van der Waals surface area contributed by atoms with Crippen molar-refractivity contribution in [3.8, 4) is 16.9 Å². The summed E-state index contributed by atoms with van der Waals surface area (Å²) >= 11 is 0. The second kappa shape index (κ2) is 10.9. The normalized spacial score (nSPS) is 11.3. The lowest BCUT2D eigenvalue weighted by atomic mass is 10.1. The first-order chi connectivity index (χ1) is 19.6. The van der Waals surface area contributed by atoms with Crippen molar-refractivity contribution in [3.63, 3.8) is 0 Å². The minimum Gasteiger partial charge on any atom is -0.340 e. The standard InChI is InChI=1S/C35H30N4O/c1-25-17-22-33(28-13-7-4-8-14-28)39(25)30-20-18-29(19-21-30)35(40)37-36-23-32-26(2)38(24-27-11-5-3-6-12-27)34-16-10-9-15-31(32)34/h3-23H,24H2,1-2H3,(H,37,40)/b36-23+.